The van der Waals surface area contributed by atoms with Gasteiger partial charge in [-0.05, 0) is 52.6 Å². The summed E-state index contributed by atoms with van der Waals surface area (Å²) in [6, 6.07) is 6.03. The van der Waals surface area contributed by atoms with E-state index in [-0.39, 0.29) is 0 Å². The summed E-state index contributed by atoms with van der Waals surface area (Å²) in [6.45, 7) is 1.01. The number of nitrogens with one attached hydrogen (secondary N) is 1. The number of ether oxygens (including phenoxy) is 1. The van der Waals surface area contributed by atoms with E-state index in [0.29, 0.717) is 0 Å². The predicted octanol–water partition coefficient (Wildman–Crippen LogP) is 3.62. The summed E-state index contributed by atoms with van der Waals surface area (Å²) in [5, 5.41) is 3.37. The number of benzene rings is 1. The fourth-order valence-electron chi connectivity index (χ4n) is 1.23. The highest BCUT2D eigenvalue weighted by Gasteiger charge is 2.00. The van der Waals surface area contributed by atoms with Gasteiger partial charge in [-0.15, -0.1) is 0 Å². The van der Waals surface area contributed by atoms with Crippen LogP contribution in [0.15, 0.2) is 22.7 Å². The van der Waals surface area contributed by atoms with Crippen LogP contribution in [0.2, 0.25) is 0 Å². The highest BCUT2D eigenvalue weighted by atomic mass is 79.9. The van der Waals surface area contributed by atoms with Gasteiger partial charge in [-0.1, -0.05) is 0 Å². The zero-order chi connectivity index (χ0) is 11.1. The van der Waals surface area contributed by atoms with Gasteiger partial charge in [-0.2, -0.15) is 11.8 Å². The van der Waals surface area contributed by atoms with Crippen LogP contribution in [0.4, 0.5) is 5.69 Å². The van der Waals surface area contributed by atoms with Gasteiger partial charge in [-0.25, -0.2) is 0 Å². The Morgan fingerprint density at radius 1 is 1.47 bits per heavy atom. The molecule has 4 heteroatoms. The van der Waals surface area contributed by atoms with Crippen molar-refractivity contribution in [2.24, 2.45) is 0 Å². The van der Waals surface area contributed by atoms with Crippen LogP contribution in [-0.4, -0.2) is 25.7 Å². The lowest BCUT2D eigenvalue weighted by molar-refractivity contribution is 0.412. The van der Waals surface area contributed by atoms with Crippen molar-refractivity contribution in [2.45, 2.75) is 6.42 Å². The Bertz CT molecular complexity index is 307. The number of hydrogen-bond acceptors (Lipinski definition) is 3. The lowest BCUT2D eigenvalue weighted by atomic mass is 10.3. The maximum absolute atomic E-state index is 5.17. The molecule has 1 aromatic carbocycles. The topological polar surface area (TPSA) is 21.3 Å². The van der Waals surface area contributed by atoms with E-state index in [1.807, 2.05) is 30.0 Å². The number of halogens is 1. The molecule has 0 radical (unpaired) electrons. The molecule has 0 fully saturated rings. The fourth-order valence-corrected chi connectivity index (χ4v) is 2.20. The first-order chi connectivity index (χ1) is 7.27. The van der Waals surface area contributed by atoms with Gasteiger partial charge in [0.25, 0.3) is 0 Å². The minimum absolute atomic E-state index is 0.865. The van der Waals surface area contributed by atoms with E-state index in [0.717, 1.165) is 22.5 Å². The SMILES string of the molecule is COc1ccc(NCCCSC)cc1Br. The second-order valence-electron chi connectivity index (χ2n) is 3.12. The van der Waals surface area contributed by atoms with Crippen LogP contribution >= 0.6 is 27.7 Å². The van der Waals surface area contributed by atoms with E-state index in [4.69, 9.17) is 4.74 Å². The number of hydrogen-bond donors (Lipinski definition) is 1. The van der Waals surface area contributed by atoms with Crippen molar-refractivity contribution in [3.05, 3.63) is 22.7 Å². The first-order valence-corrected chi connectivity index (χ1v) is 7.03. The van der Waals surface area contributed by atoms with Gasteiger partial charge in [0.05, 0.1) is 11.6 Å². The van der Waals surface area contributed by atoms with Crippen LogP contribution in [0.3, 0.4) is 0 Å². The Morgan fingerprint density at radius 3 is 2.87 bits per heavy atom. The minimum atomic E-state index is 0.865. The molecular formula is C11H16BrNOS. The highest BCUT2D eigenvalue weighted by molar-refractivity contribution is 9.10. The molecule has 0 saturated heterocycles. The van der Waals surface area contributed by atoms with Crippen LogP contribution in [-0.2, 0) is 0 Å². The zero-order valence-electron chi connectivity index (χ0n) is 9.05. The van der Waals surface area contributed by atoms with Crippen LogP contribution in [0.1, 0.15) is 6.42 Å². The summed E-state index contributed by atoms with van der Waals surface area (Å²) >= 11 is 5.34. The summed E-state index contributed by atoms with van der Waals surface area (Å²) in [7, 11) is 1.67. The largest absolute Gasteiger partial charge is 0.496 e. The lowest BCUT2D eigenvalue weighted by Gasteiger charge is -2.08. The van der Waals surface area contributed by atoms with Crippen molar-refractivity contribution in [3.63, 3.8) is 0 Å². The van der Waals surface area contributed by atoms with Crippen molar-refractivity contribution < 1.29 is 4.74 Å². The molecule has 1 rings (SSSR count). The Morgan fingerprint density at radius 2 is 2.27 bits per heavy atom. The molecule has 0 aliphatic rings. The van der Waals surface area contributed by atoms with E-state index in [1.54, 1.807) is 7.11 Å². The molecule has 0 atom stereocenters. The first kappa shape index (κ1) is 12.7. The summed E-state index contributed by atoms with van der Waals surface area (Å²) in [5.41, 5.74) is 1.13. The molecule has 0 bridgehead atoms. The molecule has 1 N–H and O–H groups in total. The third kappa shape index (κ3) is 4.34. The zero-order valence-corrected chi connectivity index (χ0v) is 11.5. The van der Waals surface area contributed by atoms with Crippen molar-refractivity contribution in [1.82, 2.24) is 0 Å². The quantitative estimate of drug-likeness (QED) is 0.808. The summed E-state index contributed by atoms with van der Waals surface area (Å²) in [5.74, 6) is 2.06. The monoisotopic (exact) mass is 289 g/mol. The summed E-state index contributed by atoms with van der Waals surface area (Å²) in [6.07, 6.45) is 3.31. The molecule has 15 heavy (non-hydrogen) atoms. The molecule has 2 nitrogen and oxygen atoms in total. The Labute approximate surface area is 104 Å². The number of rotatable bonds is 6. The smallest absolute Gasteiger partial charge is 0.133 e. The molecular weight excluding hydrogens is 274 g/mol. The van der Waals surface area contributed by atoms with Crippen LogP contribution < -0.4 is 10.1 Å². The van der Waals surface area contributed by atoms with Gasteiger partial charge in [-0.3, -0.25) is 0 Å². The van der Waals surface area contributed by atoms with E-state index in [9.17, 15) is 0 Å². The molecule has 0 aromatic heterocycles. The van der Waals surface area contributed by atoms with Gasteiger partial charge in [0.2, 0.25) is 0 Å². The van der Waals surface area contributed by atoms with Crippen LogP contribution in [0.5, 0.6) is 5.75 Å². The van der Waals surface area contributed by atoms with Crippen molar-refractivity contribution in [3.8, 4) is 5.75 Å². The minimum Gasteiger partial charge on any atom is -0.496 e. The van der Waals surface area contributed by atoms with Gasteiger partial charge in [0, 0.05) is 12.2 Å². The van der Waals surface area contributed by atoms with Crippen LogP contribution in [0.25, 0.3) is 0 Å². The van der Waals surface area contributed by atoms with Crippen molar-refractivity contribution in [2.75, 3.05) is 31.0 Å². The average Bonchev–Trinajstić information content (AvgIpc) is 2.25. The van der Waals surface area contributed by atoms with E-state index >= 15 is 0 Å². The fraction of sp³-hybridized carbons (Fsp3) is 0.455. The second kappa shape index (κ2) is 7.01. The maximum atomic E-state index is 5.17. The Kier molecular flexibility index (Phi) is 5.95. The van der Waals surface area contributed by atoms with Gasteiger partial charge >= 0.3 is 0 Å². The molecule has 0 saturated carbocycles. The van der Waals surface area contributed by atoms with Crippen molar-refractivity contribution in [1.29, 1.82) is 0 Å². The molecule has 0 amide bonds. The first-order valence-electron chi connectivity index (χ1n) is 4.84. The molecule has 0 heterocycles. The van der Waals surface area contributed by atoms with Crippen LogP contribution in [0, 0.1) is 0 Å². The molecule has 0 aliphatic heterocycles. The van der Waals surface area contributed by atoms with E-state index in [1.165, 1.54) is 12.2 Å². The van der Waals surface area contributed by atoms with Crippen molar-refractivity contribution >= 4 is 33.4 Å². The molecule has 0 spiro atoms. The second-order valence-corrected chi connectivity index (χ2v) is 4.96. The standard InChI is InChI=1S/C11H16BrNOS/c1-14-11-5-4-9(8-10(11)12)13-6-3-7-15-2/h4-5,8,13H,3,6-7H2,1-2H3. The maximum Gasteiger partial charge on any atom is 0.133 e. The molecule has 1 aromatic rings. The predicted molar refractivity (Wildman–Crippen MR) is 72.2 cm³/mol. The normalized spacial score (nSPS) is 10.1. The van der Waals surface area contributed by atoms with Gasteiger partial charge in [0.15, 0.2) is 0 Å². The average molecular weight is 290 g/mol. The highest BCUT2D eigenvalue weighted by Crippen LogP contribution is 2.27. The Hall–Kier alpha value is -0.350. The van der Waals surface area contributed by atoms with Gasteiger partial charge < -0.3 is 10.1 Å². The lowest BCUT2D eigenvalue weighted by Crippen LogP contribution is -2.02. The number of methoxy groups -OCH3 is 1. The molecule has 0 aliphatic carbocycles. The van der Waals surface area contributed by atoms with E-state index in [2.05, 4.69) is 27.5 Å². The Balaban J connectivity index is 2.45. The van der Waals surface area contributed by atoms with Gasteiger partial charge in [0.1, 0.15) is 5.75 Å². The molecule has 84 valence electrons. The number of anilines is 1. The summed E-state index contributed by atoms with van der Waals surface area (Å²) in [4.78, 5) is 0. The van der Waals surface area contributed by atoms with E-state index < -0.39 is 0 Å². The summed E-state index contributed by atoms with van der Waals surface area (Å²) < 4.78 is 6.15. The third-order valence-corrected chi connectivity index (χ3v) is 3.32. The molecule has 0 unspecified atom stereocenters. The number of thioether (sulfide) groups is 1. The third-order valence-electron chi connectivity index (χ3n) is 2.01.